The summed E-state index contributed by atoms with van der Waals surface area (Å²) in [6.07, 6.45) is 1.56. The third-order valence-corrected chi connectivity index (χ3v) is 1.88. The molecule has 0 unspecified atom stereocenters. The molecular weight excluding hydrogens is 272 g/mol. The van der Waals surface area contributed by atoms with Gasteiger partial charge >= 0.3 is 0 Å². The molecular formula is C8H12N8O4. The summed E-state index contributed by atoms with van der Waals surface area (Å²) in [5.74, 6) is 10.2. The Bertz CT molecular complexity index is 491. The Kier molecular flexibility index (Phi) is 6.98. The maximum Gasteiger partial charge on any atom is 0.300 e. The van der Waals surface area contributed by atoms with E-state index in [-0.39, 0.29) is 0 Å². The molecule has 0 aromatic heterocycles. The number of hydrazine groups is 3. The number of carbonyl (C=O) groups is 4. The Labute approximate surface area is 111 Å². The predicted molar refractivity (Wildman–Crippen MR) is 63.3 cm³/mol. The van der Waals surface area contributed by atoms with Gasteiger partial charge in [0.2, 0.25) is 0 Å². The normalized spacial score (nSPS) is 10.1. The van der Waals surface area contributed by atoms with Gasteiger partial charge in [0.25, 0.3) is 23.6 Å². The van der Waals surface area contributed by atoms with Crippen LogP contribution in [-0.4, -0.2) is 23.6 Å². The molecule has 0 aliphatic heterocycles. The quantitative estimate of drug-likeness (QED) is 0.0392. The SMILES string of the molecule is N=NC(=O)C(=CC=C(C(=O)NN)C(=O)NN)C(=O)NN. The van der Waals surface area contributed by atoms with Crippen molar-refractivity contribution in [1.29, 1.82) is 5.53 Å². The van der Waals surface area contributed by atoms with Crippen molar-refractivity contribution in [2.24, 2.45) is 22.6 Å². The van der Waals surface area contributed by atoms with Gasteiger partial charge in [-0.2, -0.15) is 0 Å². The standard InChI is InChI=1S/C8H12N8O4/c9-13-5(17)3(6(18)14-10)1-2-4(7(19)15-11)8(20)16-12/h1-2,9H,10-12H2,(H,14,18)(H,15,19)(H,16,20). The van der Waals surface area contributed by atoms with E-state index in [1.807, 2.05) is 0 Å². The highest BCUT2D eigenvalue weighted by molar-refractivity contribution is 6.20. The number of nitrogens with one attached hydrogen (secondary N) is 4. The Morgan fingerprint density at radius 2 is 1.15 bits per heavy atom. The number of allylic oxidation sites excluding steroid dienone is 2. The summed E-state index contributed by atoms with van der Waals surface area (Å²) in [6.45, 7) is 0. The largest absolute Gasteiger partial charge is 0.300 e. The molecule has 0 heterocycles. The molecule has 0 saturated carbocycles. The summed E-state index contributed by atoms with van der Waals surface area (Å²) in [4.78, 5) is 45.0. The molecule has 0 bridgehead atoms. The molecule has 0 saturated heterocycles. The average molecular weight is 284 g/mol. The third-order valence-electron chi connectivity index (χ3n) is 1.88. The lowest BCUT2D eigenvalue weighted by Gasteiger charge is -2.03. The highest BCUT2D eigenvalue weighted by atomic mass is 16.2. The maximum absolute atomic E-state index is 11.3. The highest BCUT2D eigenvalue weighted by Gasteiger charge is 2.19. The minimum atomic E-state index is -1.23. The smallest absolute Gasteiger partial charge is 0.290 e. The second-order valence-electron chi connectivity index (χ2n) is 3.00. The minimum absolute atomic E-state index is 0.588. The van der Waals surface area contributed by atoms with Crippen molar-refractivity contribution in [3.63, 3.8) is 0 Å². The van der Waals surface area contributed by atoms with E-state index in [9.17, 15) is 19.2 Å². The number of hydrogen-bond acceptors (Lipinski definition) is 8. The molecule has 0 radical (unpaired) electrons. The first-order valence-corrected chi connectivity index (χ1v) is 4.79. The molecule has 0 aliphatic carbocycles. The zero-order chi connectivity index (χ0) is 15.7. The van der Waals surface area contributed by atoms with E-state index in [1.54, 1.807) is 16.3 Å². The fraction of sp³-hybridized carbons (Fsp3) is 0. The summed E-state index contributed by atoms with van der Waals surface area (Å²) in [6, 6.07) is 0. The van der Waals surface area contributed by atoms with Crippen LogP contribution in [0.3, 0.4) is 0 Å². The van der Waals surface area contributed by atoms with Crippen LogP contribution in [0.25, 0.3) is 0 Å². The molecule has 108 valence electrons. The monoisotopic (exact) mass is 284 g/mol. The van der Waals surface area contributed by atoms with Gasteiger partial charge in [-0.1, -0.05) is 0 Å². The Hall–Kier alpha value is -2.96. The van der Waals surface area contributed by atoms with Crippen LogP contribution in [0, 0.1) is 5.53 Å². The second kappa shape index (κ2) is 8.20. The summed E-state index contributed by atoms with van der Waals surface area (Å²) >= 11 is 0. The molecule has 0 aromatic carbocycles. The molecule has 4 amide bonds. The lowest BCUT2D eigenvalue weighted by Crippen LogP contribution is -2.40. The van der Waals surface area contributed by atoms with Crippen molar-refractivity contribution < 1.29 is 19.2 Å². The number of rotatable bonds is 5. The maximum atomic E-state index is 11.3. The number of nitrogens with zero attached hydrogens (tertiary/aromatic N) is 1. The molecule has 0 aliphatic rings. The third kappa shape index (κ3) is 4.37. The van der Waals surface area contributed by atoms with Crippen LogP contribution in [0.4, 0.5) is 0 Å². The Morgan fingerprint density at radius 1 is 0.800 bits per heavy atom. The topological polar surface area (TPSA) is 219 Å². The molecule has 12 heteroatoms. The summed E-state index contributed by atoms with van der Waals surface area (Å²) in [7, 11) is 0. The number of carbonyl (C=O) groups excluding carboxylic acids is 4. The van der Waals surface area contributed by atoms with E-state index in [0.29, 0.717) is 0 Å². The fourth-order valence-electron chi connectivity index (χ4n) is 0.959. The van der Waals surface area contributed by atoms with Gasteiger partial charge in [-0.05, 0) is 12.2 Å². The van der Waals surface area contributed by atoms with Crippen molar-refractivity contribution in [2.75, 3.05) is 0 Å². The second-order valence-corrected chi connectivity index (χ2v) is 3.00. The van der Waals surface area contributed by atoms with Crippen LogP contribution >= 0.6 is 0 Å². The van der Waals surface area contributed by atoms with Crippen LogP contribution in [0.1, 0.15) is 0 Å². The van der Waals surface area contributed by atoms with E-state index < -0.39 is 34.8 Å². The van der Waals surface area contributed by atoms with E-state index in [0.717, 1.165) is 12.2 Å². The lowest BCUT2D eigenvalue weighted by molar-refractivity contribution is -0.124. The minimum Gasteiger partial charge on any atom is -0.290 e. The van der Waals surface area contributed by atoms with E-state index in [2.05, 4.69) is 5.11 Å². The summed E-state index contributed by atoms with van der Waals surface area (Å²) in [5.41, 5.74) is 10.2. The van der Waals surface area contributed by atoms with Gasteiger partial charge < -0.3 is 0 Å². The van der Waals surface area contributed by atoms with Gasteiger partial charge in [0.1, 0.15) is 11.1 Å². The molecule has 0 fully saturated rings. The first-order valence-electron chi connectivity index (χ1n) is 4.79. The molecule has 0 spiro atoms. The molecule has 10 N–H and O–H groups in total. The van der Waals surface area contributed by atoms with Gasteiger partial charge in [-0.3, -0.25) is 35.5 Å². The molecule has 12 nitrogen and oxygen atoms in total. The van der Waals surface area contributed by atoms with E-state index >= 15 is 0 Å². The van der Waals surface area contributed by atoms with Crippen molar-refractivity contribution in [1.82, 2.24) is 16.3 Å². The fourth-order valence-corrected chi connectivity index (χ4v) is 0.959. The number of hydrogen-bond donors (Lipinski definition) is 7. The number of amides is 4. The molecule has 0 atom stereocenters. The number of nitrogens with two attached hydrogens (primary N) is 3. The highest BCUT2D eigenvalue weighted by Crippen LogP contribution is 2.02. The van der Waals surface area contributed by atoms with Crippen molar-refractivity contribution in [2.45, 2.75) is 0 Å². The van der Waals surface area contributed by atoms with Crippen LogP contribution in [0.5, 0.6) is 0 Å². The van der Waals surface area contributed by atoms with Gasteiger partial charge in [-0.15, -0.1) is 5.11 Å². The van der Waals surface area contributed by atoms with Crippen LogP contribution in [0.15, 0.2) is 28.4 Å². The molecule has 0 rings (SSSR count). The van der Waals surface area contributed by atoms with Crippen LogP contribution in [0.2, 0.25) is 0 Å². The zero-order valence-electron chi connectivity index (χ0n) is 9.97. The van der Waals surface area contributed by atoms with Crippen LogP contribution in [-0.2, 0) is 19.2 Å². The molecule has 0 aromatic rings. The Balaban J connectivity index is 5.69. The summed E-state index contributed by atoms with van der Waals surface area (Å²) in [5, 5.41) is 2.51. The van der Waals surface area contributed by atoms with Gasteiger partial charge in [0, 0.05) is 0 Å². The average Bonchev–Trinajstić information content (AvgIpc) is 2.48. The first-order chi connectivity index (χ1) is 9.42. The van der Waals surface area contributed by atoms with Gasteiger partial charge in [0.15, 0.2) is 0 Å². The summed E-state index contributed by atoms with van der Waals surface area (Å²) < 4.78 is 0. The van der Waals surface area contributed by atoms with Gasteiger partial charge in [0.05, 0.1) is 0 Å². The van der Waals surface area contributed by atoms with Crippen molar-refractivity contribution in [3.05, 3.63) is 23.3 Å². The van der Waals surface area contributed by atoms with E-state index in [4.69, 9.17) is 23.1 Å². The van der Waals surface area contributed by atoms with Crippen molar-refractivity contribution in [3.8, 4) is 0 Å². The molecule has 20 heavy (non-hydrogen) atoms. The van der Waals surface area contributed by atoms with Gasteiger partial charge in [-0.25, -0.2) is 23.1 Å². The van der Waals surface area contributed by atoms with E-state index in [1.165, 1.54) is 0 Å². The Morgan fingerprint density at radius 3 is 1.50 bits per heavy atom. The lowest BCUT2D eigenvalue weighted by atomic mass is 10.1. The zero-order valence-corrected chi connectivity index (χ0v) is 9.97. The van der Waals surface area contributed by atoms with Crippen LogP contribution < -0.4 is 33.8 Å². The first kappa shape index (κ1) is 17.0. The van der Waals surface area contributed by atoms with Crippen molar-refractivity contribution >= 4 is 23.6 Å². The predicted octanol–water partition coefficient (Wildman–Crippen LogP) is -3.63.